The SMILES string of the molecule is Cc1cccc(NC(=O)C(C)Oc2cccc3c2CCCC3)c1. The van der Waals surface area contributed by atoms with E-state index in [1.165, 1.54) is 24.0 Å². The van der Waals surface area contributed by atoms with Gasteiger partial charge in [0, 0.05) is 5.69 Å². The van der Waals surface area contributed by atoms with Gasteiger partial charge in [0.2, 0.25) is 0 Å². The molecule has 2 aromatic carbocycles. The third kappa shape index (κ3) is 3.73. The molecule has 0 radical (unpaired) electrons. The van der Waals surface area contributed by atoms with Crippen LogP contribution in [0.25, 0.3) is 0 Å². The van der Waals surface area contributed by atoms with Gasteiger partial charge in [-0.05, 0) is 74.4 Å². The minimum Gasteiger partial charge on any atom is -0.481 e. The first kappa shape index (κ1) is 15.6. The van der Waals surface area contributed by atoms with Crippen molar-refractivity contribution in [2.24, 2.45) is 0 Å². The highest BCUT2D eigenvalue weighted by Crippen LogP contribution is 2.30. The average molecular weight is 309 g/mol. The van der Waals surface area contributed by atoms with Crippen molar-refractivity contribution in [2.75, 3.05) is 5.32 Å². The van der Waals surface area contributed by atoms with E-state index in [4.69, 9.17) is 4.74 Å². The minimum atomic E-state index is -0.524. The standard InChI is InChI=1S/C20H23NO2/c1-14-7-5-10-17(13-14)21-20(22)15(2)23-19-12-6-9-16-8-3-4-11-18(16)19/h5-7,9-10,12-13,15H,3-4,8,11H2,1-2H3,(H,21,22). The maximum absolute atomic E-state index is 12.4. The van der Waals surface area contributed by atoms with Crippen molar-refractivity contribution < 1.29 is 9.53 Å². The zero-order valence-corrected chi connectivity index (χ0v) is 13.8. The molecule has 1 atom stereocenters. The fraction of sp³-hybridized carbons (Fsp3) is 0.350. The van der Waals surface area contributed by atoms with Crippen molar-refractivity contribution in [3.63, 3.8) is 0 Å². The highest BCUT2D eigenvalue weighted by molar-refractivity contribution is 5.94. The van der Waals surface area contributed by atoms with Gasteiger partial charge in [-0.1, -0.05) is 24.3 Å². The second-order valence-electron chi connectivity index (χ2n) is 6.22. The molecule has 120 valence electrons. The van der Waals surface area contributed by atoms with E-state index < -0.39 is 6.10 Å². The largest absolute Gasteiger partial charge is 0.481 e. The Balaban J connectivity index is 1.69. The van der Waals surface area contributed by atoms with Gasteiger partial charge in [0.15, 0.2) is 6.10 Å². The number of nitrogens with one attached hydrogen (secondary N) is 1. The molecular formula is C20H23NO2. The summed E-state index contributed by atoms with van der Waals surface area (Å²) in [5, 5.41) is 2.92. The van der Waals surface area contributed by atoms with Gasteiger partial charge in [-0.3, -0.25) is 4.79 Å². The molecule has 3 heteroatoms. The van der Waals surface area contributed by atoms with Crippen LogP contribution < -0.4 is 10.1 Å². The predicted molar refractivity (Wildman–Crippen MR) is 93.0 cm³/mol. The number of hydrogen-bond donors (Lipinski definition) is 1. The Morgan fingerprint density at radius 1 is 1.13 bits per heavy atom. The Hall–Kier alpha value is -2.29. The molecule has 0 aromatic heterocycles. The van der Waals surface area contributed by atoms with E-state index in [1.54, 1.807) is 6.92 Å². The van der Waals surface area contributed by atoms with E-state index in [-0.39, 0.29) is 5.91 Å². The third-order valence-electron chi connectivity index (χ3n) is 4.31. The average Bonchev–Trinajstić information content (AvgIpc) is 2.55. The summed E-state index contributed by atoms with van der Waals surface area (Å²) in [5.74, 6) is 0.734. The summed E-state index contributed by atoms with van der Waals surface area (Å²) in [6.45, 7) is 3.80. The zero-order valence-electron chi connectivity index (χ0n) is 13.8. The van der Waals surface area contributed by atoms with Crippen LogP contribution in [0.5, 0.6) is 5.75 Å². The molecule has 0 spiro atoms. The molecule has 0 heterocycles. The number of carbonyl (C=O) groups is 1. The lowest BCUT2D eigenvalue weighted by atomic mass is 9.91. The van der Waals surface area contributed by atoms with Crippen LogP contribution in [0.15, 0.2) is 42.5 Å². The van der Waals surface area contributed by atoms with Crippen molar-refractivity contribution in [3.05, 3.63) is 59.2 Å². The molecule has 0 bridgehead atoms. The second kappa shape index (κ2) is 6.86. The molecule has 1 aliphatic rings. The summed E-state index contributed by atoms with van der Waals surface area (Å²) >= 11 is 0. The summed E-state index contributed by atoms with van der Waals surface area (Å²) in [6, 6.07) is 13.9. The fourth-order valence-corrected chi connectivity index (χ4v) is 3.07. The summed E-state index contributed by atoms with van der Waals surface area (Å²) in [4.78, 5) is 12.4. The Bertz CT molecular complexity index is 709. The molecular weight excluding hydrogens is 286 g/mol. The number of anilines is 1. The molecule has 0 fully saturated rings. The van der Waals surface area contributed by atoms with E-state index >= 15 is 0 Å². The van der Waals surface area contributed by atoms with Gasteiger partial charge in [-0.15, -0.1) is 0 Å². The summed E-state index contributed by atoms with van der Waals surface area (Å²) in [7, 11) is 0. The number of rotatable bonds is 4. The lowest BCUT2D eigenvalue weighted by Crippen LogP contribution is -2.30. The molecule has 1 amide bonds. The highest BCUT2D eigenvalue weighted by atomic mass is 16.5. The second-order valence-corrected chi connectivity index (χ2v) is 6.22. The van der Waals surface area contributed by atoms with Crippen LogP contribution in [0.3, 0.4) is 0 Å². The smallest absolute Gasteiger partial charge is 0.265 e. The number of fused-ring (bicyclic) bond motifs is 1. The first-order valence-corrected chi connectivity index (χ1v) is 8.28. The van der Waals surface area contributed by atoms with E-state index in [1.807, 2.05) is 43.3 Å². The van der Waals surface area contributed by atoms with Gasteiger partial charge in [0.25, 0.3) is 5.91 Å². The van der Waals surface area contributed by atoms with Crippen LogP contribution in [0.4, 0.5) is 5.69 Å². The summed E-state index contributed by atoms with van der Waals surface area (Å²) < 4.78 is 5.96. The molecule has 1 unspecified atom stereocenters. The van der Waals surface area contributed by atoms with E-state index in [0.717, 1.165) is 29.8 Å². The van der Waals surface area contributed by atoms with Crippen molar-refractivity contribution in [2.45, 2.75) is 45.6 Å². The van der Waals surface area contributed by atoms with Gasteiger partial charge in [0.05, 0.1) is 0 Å². The maximum Gasteiger partial charge on any atom is 0.265 e. The number of hydrogen-bond acceptors (Lipinski definition) is 2. The monoisotopic (exact) mass is 309 g/mol. The van der Waals surface area contributed by atoms with Gasteiger partial charge < -0.3 is 10.1 Å². The molecule has 23 heavy (non-hydrogen) atoms. The molecule has 1 N–H and O–H groups in total. The summed E-state index contributed by atoms with van der Waals surface area (Å²) in [6.07, 6.45) is 4.05. The first-order valence-electron chi connectivity index (χ1n) is 8.28. The molecule has 1 aliphatic carbocycles. The van der Waals surface area contributed by atoms with Crippen LogP contribution in [0, 0.1) is 6.92 Å². The highest BCUT2D eigenvalue weighted by Gasteiger charge is 2.19. The van der Waals surface area contributed by atoms with Gasteiger partial charge in [-0.25, -0.2) is 0 Å². The Labute approximate surface area is 137 Å². The van der Waals surface area contributed by atoms with Crippen molar-refractivity contribution in [1.29, 1.82) is 0 Å². The van der Waals surface area contributed by atoms with Crippen LogP contribution in [0.1, 0.15) is 36.5 Å². The van der Waals surface area contributed by atoms with Crippen molar-refractivity contribution in [1.82, 2.24) is 0 Å². The number of ether oxygens (including phenoxy) is 1. The molecule has 0 aliphatic heterocycles. The van der Waals surface area contributed by atoms with Gasteiger partial charge in [0.1, 0.15) is 5.75 Å². The number of benzene rings is 2. The minimum absolute atomic E-state index is 0.121. The zero-order chi connectivity index (χ0) is 16.2. The predicted octanol–water partition coefficient (Wildman–Crippen LogP) is 4.28. The van der Waals surface area contributed by atoms with Crippen LogP contribution in [-0.4, -0.2) is 12.0 Å². The molecule has 0 saturated carbocycles. The lowest BCUT2D eigenvalue weighted by molar-refractivity contribution is -0.122. The maximum atomic E-state index is 12.4. The molecule has 3 rings (SSSR count). The Morgan fingerprint density at radius 2 is 1.91 bits per heavy atom. The number of aryl methyl sites for hydroxylation is 2. The summed E-state index contributed by atoms with van der Waals surface area (Å²) in [5.41, 5.74) is 4.56. The van der Waals surface area contributed by atoms with Crippen LogP contribution in [0.2, 0.25) is 0 Å². The van der Waals surface area contributed by atoms with Crippen LogP contribution in [-0.2, 0) is 17.6 Å². The lowest BCUT2D eigenvalue weighted by Gasteiger charge is -2.22. The number of carbonyl (C=O) groups excluding carboxylic acids is 1. The molecule has 2 aromatic rings. The van der Waals surface area contributed by atoms with Gasteiger partial charge in [-0.2, -0.15) is 0 Å². The topological polar surface area (TPSA) is 38.3 Å². The van der Waals surface area contributed by atoms with E-state index in [9.17, 15) is 4.79 Å². The van der Waals surface area contributed by atoms with Crippen LogP contribution >= 0.6 is 0 Å². The van der Waals surface area contributed by atoms with Crippen molar-refractivity contribution in [3.8, 4) is 5.75 Å². The fourth-order valence-electron chi connectivity index (χ4n) is 3.07. The Morgan fingerprint density at radius 3 is 2.74 bits per heavy atom. The quantitative estimate of drug-likeness (QED) is 0.915. The van der Waals surface area contributed by atoms with Crippen molar-refractivity contribution >= 4 is 11.6 Å². The molecule has 0 saturated heterocycles. The van der Waals surface area contributed by atoms with Gasteiger partial charge >= 0.3 is 0 Å². The number of amides is 1. The van der Waals surface area contributed by atoms with E-state index in [0.29, 0.717) is 0 Å². The van der Waals surface area contributed by atoms with E-state index in [2.05, 4.69) is 11.4 Å². The molecule has 3 nitrogen and oxygen atoms in total. The third-order valence-corrected chi connectivity index (χ3v) is 4.31. The Kier molecular flexibility index (Phi) is 4.65. The normalized spacial score (nSPS) is 14.7. The first-order chi connectivity index (χ1) is 11.1.